The normalized spacial score (nSPS) is 11.6. The SMILES string of the molecule is CCOC(=O)CN(CCOC)C(=O)CC(NC(C)=O)c1cccs1. The third kappa shape index (κ3) is 7.10. The van der Waals surface area contributed by atoms with Gasteiger partial charge in [-0.05, 0) is 18.4 Å². The molecule has 0 aromatic carbocycles. The second kappa shape index (κ2) is 10.8. The molecule has 1 aromatic rings. The molecule has 1 N–H and O–H groups in total. The molecule has 1 aromatic heterocycles. The molecular weight excluding hydrogens is 332 g/mol. The zero-order valence-electron chi connectivity index (χ0n) is 14.2. The minimum atomic E-state index is -0.464. The summed E-state index contributed by atoms with van der Waals surface area (Å²) < 4.78 is 9.90. The molecule has 1 unspecified atom stereocenters. The summed E-state index contributed by atoms with van der Waals surface area (Å²) in [7, 11) is 1.53. The summed E-state index contributed by atoms with van der Waals surface area (Å²) in [5, 5.41) is 4.66. The first kappa shape index (κ1) is 20.1. The van der Waals surface area contributed by atoms with Crippen molar-refractivity contribution in [1.29, 1.82) is 0 Å². The maximum atomic E-state index is 12.6. The van der Waals surface area contributed by atoms with E-state index in [1.165, 1.54) is 30.3 Å². The summed E-state index contributed by atoms with van der Waals surface area (Å²) in [5.74, 6) is -0.920. The highest BCUT2D eigenvalue weighted by Gasteiger charge is 2.23. The Hall–Kier alpha value is -1.93. The van der Waals surface area contributed by atoms with E-state index < -0.39 is 12.0 Å². The number of amides is 2. The predicted octanol–water partition coefficient (Wildman–Crippen LogP) is 1.35. The first-order valence-electron chi connectivity index (χ1n) is 7.70. The Morgan fingerprint density at radius 1 is 1.38 bits per heavy atom. The highest BCUT2D eigenvalue weighted by atomic mass is 32.1. The number of ether oxygens (including phenoxy) is 2. The number of methoxy groups -OCH3 is 1. The van der Waals surface area contributed by atoms with Crippen molar-refractivity contribution in [1.82, 2.24) is 10.2 Å². The van der Waals surface area contributed by atoms with E-state index >= 15 is 0 Å². The number of nitrogens with zero attached hydrogens (tertiary/aromatic N) is 1. The molecule has 0 fully saturated rings. The standard InChI is InChI=1S/C16H24N2O5S/c1-4-23-16(21)11-18(7-8-22-3)15(20)10-13(17-12(2)19)14-6-5-9-24-14/h5-6,9,13H,4,7-8,10-11H2,1-3H3,(H,17,19). The fourth-order valence-electron chi connectivity index (χ4n) is 2.12. The number of thiophene rings is 1. The van der Waals surface area contributed by atoms with Gasteiger partial charge in [-0.2, -0.15) is 0 Å². The molecule has 0 aliphatic carbocycles. The van der Waals surface area contributed by atoms with Crippen molar-refractivity contribution in [2.75, 3.05) is 33.4 Å². The summed E-state index contributed by atoms with van der Waals surface area (Å²) in [6.07, 6.45) is 0.0726. The first-order valence-corrected chi connectivity index (χ1v) is 8.58. The van der Waals surface area contributed by atoms with Crippen LogP contribution in [0, 0.1) is 0 Å². The molecule has 2 amide bonds. The van der Waals surface area contributed by atoms with Crippen LogP contribution >= 0.6 is 11.3 Å². The van der Waals surface area contributed by atoms with Gasteiger partial charge in [-0.3, -0.25) is 14.4 Å². The van der Waals surface area contributed by atoms with Crippen LogP contribution in [0.1, 0.15) is 31.2 Å². The minimum Gasteiger partial charge on any atom is -0.465 e. The van der Waals surface area contributed by atoms with Gasteiger partial charge < -0.3 is 19.7 Å². The van der Waals surface area contributed by atoms with Crippen LogP contribution in [0.3, 0.4) is 0 Å². The smallest absolute Gasteiger partial charge is 0.325 e. The van der Waals surface area contributed by atoms with Crippen molar-refractivity contribution in [3.63, 3.8) is 0 Å². The van der Waals surface area contributed by atoms with Crippen molar-refractivity contribution in [2.24, 2.45) is 0 Å². The van der Waals surface area contributed by atoms with Crippen LogP contribution in [0.15, 0.2) is 17.5 Å². The second-order valence-electron chi connectivity index (χ2n) is 5.09. The average Bonchev–Trinajstić information content (AvgIpc) is 3.04. The Bertz CT molecular complexity index is 533. The maximum absolute atomic E-state index is 12.6. The van der Waals surface area contributed by atoms with E-state index in [0.29, 0.717) is 6.61 Å². The number of rotatable bonds is 10. The Morgan fingerprint density at radius 2 is 2.12 bits per heavy atom. The Morgan fingerprint density at radius 3 is 2.67 bits per heavy atom. The highest BCUT2D eigenvalue weighted by Crippen LogP contribution is 2.23. The van der Waals surface area contributed by atoms with Gasteiger partial charge in [-0.1, -0.05) is 6.07 Å². The van der Waals surface area contributed by atoms with Gasteiger partial charge in [0, 0.05) is 25.5 Å². The Labute approximate surface area is 145 Å². The van der Waals surface area contributed by atoms with Crippen LogP contribution in [0.4, 0.5) is 0 Å². The minimum absolute atomic E-state index is 0.0726. The molecule has 0 saturated carbocycles. The molecule has 134 valence electrons. The number of hydrogen-bond donors (Lipinski definition) is 1. The predicted molar refractivity (Wildman–Crippen MR) is 90.6 cm³/mol. The van der Waals surface area contributed by atoms with E-state index in [1.54, 1.807) is 6.92 Å². The van der Waals surface area contributed by atoms with E-state index in [2.05, 4.69) is 5.32 Å². The fourth-order valence-corrected chi connectivity index (χ4v) is 2.90. The molecule has 0 radical (unpaired) electrons. The molecular formula is C16H24N2O5S. The fraction of sp³-hybridized carbons (Fsp3) is 0.562. The van der Waals surface area contributed by atoms with E-state index in [0.717, 1.165) is 4.88 Å². The Kier molecular flexibility index (Phi) is 9.03. The van der Waals surface area contributed by atoms with Crippen molar-refractivity contribution in [3.8, 4) is 0 Å². The highest BCUT2D eigenvalue weighted by molar-refractivity contribution is 7.10. The molecule has 7 nitrogen and oxygen atoms in total. The summed E-state index contributed by atoms with van der Waals surface area (Å²) >= 11 is 1.46. The lowest BCUT2D eigenvalue weighted by Gasteiger charge is -2.24. The topological polar surface area (TPSA) is 84.9 Å². The van der Waals surface area contributed by atoms with Crippen LogP contribution in [0.5, 0.6) is 0 Å². The van der Waals surface area contributed by atoms with Gasteiger partial charge in [0.1, 0.15) is 6.54 Å². The lowest BCUT2D eigenvalue weighted by molar-refractivity contribution is -0.149. The molecule has 1 rings (SSSR count). The molecule has 0 aliphatic rings. The number of esters is 1. The monoisotopic (exact) mass is 356 g/mol. The van der Waals surface area contributed by atoms with Crippen LogP contribution in [-0.4, -0.2) is 56.1 Å². The van der Waals surface area contributed by atoms with Crippen molar-refractivity contribution >= 4 is 29.1 Å². The number of nitrogens with one attached hydrogen (secondary N) is 1. The van der Waals surface area contributed by atoms with Gasteiger partial charge in [0.25, 0.3) is 0 Å². The molecule has 24 heavy (non-hydrogen) atoms. The second-order valence-corrected chi connectivity index (χ2v) is 6.07. The molecule has 1 atom stereocenters. The third-order valence-electron chi connectivity index (χ3n) is 3.19. The van der Waals surface area contributed by atoms with E-state index in [-0.39, 0.29) is 37.9 Å². The lowest BCUT2D eigenvalue weighted by atomic mass is 10.1. The van der Waals surface area contributed by atoms with Crippen LogP contribution in [-0.2, 0) is 23.9 Å². The molecule has 0 saturated heterocycles. The maximum Gasteiger partial charge on any atom is 0.325 e. The van der Waals surface area contributed by atoms with Crippen LogP contribution in [0.2, 0.25) is 0 Å². The number of carbonyl (C=O) groups is 3. The molecule has 0 aliphatic heterocycles. The molecule has 0 spiro atoms. The quantitative estimate of drug-likeness (QED) is 0.640. The van der Waals surface area contributed by atoms with Gasteiger partial charge in [-0.15, -0.1) is 11.3 Å². The van der Waals surface area contributed by atoms with Crippen LogP contribution < -0.4 is 5.32 Å². The number of hydrogen-bond acceptors (Lipinski definition) is 6. The van der Waals surface area contributed by atoms with Crippen molar-refractivity contribution in [3.05, 3.63) is 22.4 Å². The van der Waals surface area contributed by atoms with Crippen LogP contribution in [0.25, 0.3) is 0 Å². The first-order chi connectivity index (χ1) is 11.5. The number of carbonyl (C=O) groups excluding carboxylic acids is 3. The largest absolute Gasteiger partial charge is 0.465 e. The zero-order chi connectivity index (χ0) is 17.9. The van der Waals surface area contributed by atoms with Gasteiger partial charge in [0.2, 0.25) is 11.8 Å². The van der Waals surface area contributed by atoms with Crippen molar-refractivity contribution < 1.29 is 23.9 Å². The third-order valence-corrected chi connectivity index (χ3v) is 4.17. The van der Waals surface area contributed by atoms with Gasteiger partial charge in [0.05, 0.1) is 25.7 Å². The van der Waals surface area contributed by atoms with Crippen molar-refractivity contribution in [2.45, 2.75) is 26.3 Å². The molecule has 8 heteroatoms. The van der Waals surface area contributed by atoms with Gasteiger partial charge in [0.15, 0.2) is 0 Å². The van der Waals surface area contributed by atoms with E-state index in [1.807, 2.05) is 17.5 Å². The summed E-state index contributed by atoms with van der Waals surface area (Å²) in [5.41, 5.74) is 0. The summed E-state index contributed by atoms with van der Waals surface area (Å²) in [6.45, 7) is 3.84. The van der Waals surface area contributed by atoms with E-state index in [9.17, 15) is 14.4 Å². The van der Waals surface area contributed by atoms with Gasteiger partial charge in [-0.25, -0.2) is 0 Å². The van der Waals surface area contributed by atoms with E-state index in [4.69, 9.17) is 9.47 Å². The summed E-state index contributed by atoms with van der Waals surface area (Å²) in [6, 6.07) is 3.31. The lowest BCUT2D eigenvalue weighted by Crippen LogP contribution is -2.40. The zero-order valence-corrected chi connectivity index (χ0v) is 15.1. The molecule has 0 bridgehead atoms. The summed E-state index contributed by atoms with van der Waals surface area (Å²) in [4.78, 5) is 38.0. The Balaban J connectivity index is 2.78. The average molecular weight is 356 g/mol. The molecule has 1 heterocycles. The van der Waals surface area contributed by atoms with Gasteiger partial charge >= 0.3 is 5.97 Å².